The van der Waals surface area contributed by atoms with Gasteiger partial charge in [-0.1, -0.05) is 6.92 Å². The lowest BCUT2D eigenvalue weighted by molar-refractivity contribution is -0.115. The van der Waals surface area contributed by atoms with Gasteiger partial charge in [-0.05, 0) is 24.1 Å². The molecule has 0 atom stereocenters. The molecule has 0 radical (unpaired) electrons. The molecular weight excluding hydrogens is 266 g/mol. The van der Waals surface area contributed by atoms with Crippen molar-refractivity contribution in [3.8, 4) is 0 Å². The Morgan fingerprint density at radius 1 is 1.48 bits per heavy atom. The zero-order valence-electron chi connectivity index (χ0n) is 12.2. The quantitative estimate of drug-likeness (QED) is 0.746. The third kappa shape index (κ3) is 2.56. The van der Waals surface area contributed by atoms with Gasteiger partial charge >= 0.3 is 0 Å². The second-order valence-corrected chi connectivity index (χ2v) is 5.30. The average Bonchev–Trinajstić information content (AvgIpc) is 2.97. The maximum atomic E-state index is 11.4. The van der Waals surface area contributed by atoms with E-state index in [1.165, 1.54) is 0 Å². The first-order valence-electron chi connectivity index (χ1n) is 7.04. The van der Waals surface area contributed by atoms with Gasteiger partial charge in [0.25, 0.3) is 0 Å². The number of anilines is 3. The Kier molecular flexibility index (Phi) is 3.29. The summed E-state index contributed by atoms with van der Waals surface area (Å²) in [6, 6.07) is 3.76. The summed E-state index contributed by atoms with van der Waals surface area (Å²) >= 11 is 0. The third-order valence-electron chi connectivity index (χ3n) is 3.70. The summed E-state index contributed by atoms with van der Waals surface area (Å²) in [7, 11) is 1.92. The molecule has 6 heteroatoms. The molecule has 0 saturated heterocycles. The first-order valence-corrected chi connectivity index (χ1v) is 7.04. The highest BCUT2D eigenvalue weighted by Crippen LogP contribution is 2.31. The van der Waals surface area contributed by atoms with Crippen LogP contribution in [0.15, 0.2) is 18.3 Å². The maximum Gasteiger partial charge on any atom is 0.228 e. The number of hydrogen-bond donors (Lipinski definition) is 3. The number of nitrogens with one attached hydrogen (secondary N) is 2. The highest BCUT2D eigenvalue weighted by molar-refractivity contribution is 6.00. The van der Waals surface area contributed by atoms with Gasteiger partial charge in [-0.3, -0.25) is 9.48 Å². The molecule has 0 aliphatic carbocycles. The minimum absolute atomic E-state index is 0.0158. The lowest BCUT2D eigenvalue weighted by atomic mass is 10.1. The van der Waals surface area contributed by atoms with Crippen molar-refractivity contribution in [2.24, 2.45) is 7.05 Å². The van der Waals surface area contributed by atoms with E-state index < -0.39 is 0 Å². The molecule has 21 heavy (non-hydrogen) atoms. The molecule has 0 saturated carbocycles. The Labute approximate surface area is 123 Å². The van der Waals surface area contributed by atoms with Gasteiger partial charge in [-0.25, -0.2) is 0 Å². The van der Waals surface area contributed by atoms with Crippen LogP contribution < -0.4 is 16.4 Å². The van der Waals surface area contributed by atoms with Crippen LogP contribution in [0.4, 0.5) is 17.1 Å². The predicted octanol–water partition coefficient (Wildman–Crippen LogP) is 1.67. The number of aromatic nitrogens is 2. The maximum absolute atomic E-state index is 11.4. The van der Waals surface area contributed by atoms with Crippen LogP contribution in [0.5, 0.6) is 0 Å². The van der Waals surface area contributed by atoms with Crippen LogP contribution in [-0.4, -0.2) is 15.7 Å². The number of rotatable bonds is 4. The second-order valence-electron chi connectivity index (χ2n) is 5.30. The van der Waals surface area contributed by atoms with Crippen molar-refractivity contribution >= 4 is 23.0 Å². The summed E-state index contributed by atoms with van der Waals surface area (Å²) in [4.78, 5) is 11.4. The zero-order chi connectivity index (χ0) is 15.0. The number of benzene rings is 1. The van der Waals surface area contributed by atoms with E-state index in [0.717, 1.165) is 34.6 Å². The number of aryl methyl sites for hydroxylation is 2. The number of hydrogen-bond acceptors (Lipinski definition) is 4. The molecule has 1 amide bonds. The number of carbonyl (C=O) groups excluding carboxylic acids is 1. The Bertz CT molecular complexity index is 704. The lowest BCUT2D eigenvalue weighted by Crippen LogP contribution is -2.05. The minimum Gasteiger partial charge on any atom is -0.397 e. The van der Waals surface area contributed by atoms with Crippen molar-refractivity contribution in [3.63, 3.8) is 0 Å². The summed E-state index contributed by atoms with van der Waals surface area (Å²) in [6.45, 7) is 2.75. The molecule has 110 valence electrons. The molecule has 1 aliphatic heterocycles. The first-order chi connectivity index (χ1) is 10.1. The molecular formula is C15H19N5O. The van der Waals surface area contributed by atoms with Crippen LogP contribution in [0.2, 0.25) is 0 Å². The van der Waals surface area contributed by atoms with E-state index in [4.69, 9.17) is 5.73 Å². The molecule has 1 aliphatic rings. The van der Waals surface area contributed by atoms with Crippen LogP contribution >= 0.6 is 0 Å². The van der Waals surface area contributed by atoms with Crippen LogP contribution in [0, 0.1) is 0 Å². The van der Waals surface area contributed by atoms with Gasteiger partial charge in [-0.15, -0.1) is 0 Å². The molecule has 2 heterocycles. The van der Waals surface area contributed by atoms with Gasteiger partial charge < -0.3 is 16.4 Å². The fourth-order valence-corrected chi connectivity index (χ4v) is 2.67. The number of nitrogens with two attached hydrogens (primary N) is 1. The third-order valence-corrected chi connectivity index (χ3v) is 3.70. The second kappa shape index (κ2) is 5.12. The van der Waals surface area contributed by atoms with Crippen molar-refractivity contribution in [1.82, 2.24) is 9.78 Å². The molecule has 0 bridgehead atoms. The summed E-state index contributed by atoms with van der Waals surface area (Å²) in [5.74, 6) is 0.0158. The summed E-state index contributed by atoms with van der Waals surface area (Å²) in [6.07, 6.45) is 3.31. The molecule has 4 N–H and O–H groups in total. The SMILES string of the molecule is CCc1nn(C)cc1CNc1cc2c(cc1N)CC(=O)N2. The van der Waals surface area contributed by atoms with E-state index in [0.29, 0.717) is 18.7 Å². The standard InChI is InChI=1S/C15H19N5O/c1-3-12-10(8-20(2)19-12)7-17-14-6-13-9(4-11(14)16)5-15(21)18-13/h4,6,8,17H,3,5,7,16H2,1-2H3,(H,18,21). The van der Waals surface area contributed by atoms with Crippen molar-refractivity contribution < 1.29 is 4.79 Å². The van der Waals surface area contributed by atoms with Gasteiger partial charge in [0, 0.05) is 31.0 Å². The smallest absolute Gasteiger partial charge is 0.228 e. The fourth-order valence-electron chi connectivity index (χ4n) is 2.67. The number of fused-ring (bicyclic) bond motifs is 1. The molecule has 0 spiro atoms. The molecule has 0 fully saturated rings. The number of nitrogens with zero attached hydrogens (tertiary/aromatic N) is 2. The van der Waals surface area contributed by atoms with E-state index in [-0.39, 0.29) is 5.91 Å². The fraction of sp³-hybridized carbons (Fsp3) is 0.333. The van der Waals surface area contributed by atoms with Crippen LogP contribution in [0.25, 0.3) is 0 Å². The lowest BCUT2D eigenvalue weighted by Gasteiger charge is -2.11. The molecule has 3 rings (SSSR count). The van der Waals surface area contributed by atoms with Crippen molar-refractivity contribution in [2.75, 3.05) is 16.4 Å². The molecule has 1 aromatic heterocycles. The van der Waals surface area contributed by atoms with E-state index in [2.05, 4.69) is 22.7 Å². The highest BCUT2D eigenvalue weighted by atomic mass is 16.1. The number of carbonyl (C=O) groups is 1. The molecule has 6 nitrogen and oxygen atoms in total. The van der Waals surface area contributed by atoms with Crippen LogP contribution in [-0.2, 0) is 31.2 Å². The van der Waals surface area contributed by atoms with E-state index in [1.54, 1.807) is 0 Å². The van der Waals surface area contributed by atoms with Crippen LogP contribution in [0.3, 0.4) is 0 Å². The van der Waals surface area contributed by atoms with Gasteiger partial charge in [0.2, 0.25) is 5.91 Å². The predicted molar refractivity (Wildman–Crippen MR) is 83.1 cm³/mol. The summed E-state index contributed by atoms with van der Waals surface area (Å²) in [5, 5.41) is 10.6. The van der Waals surface area contributed by atoms with E-state index in [1.807, 2.05) is 30.1 Å². The van der Waals surface area contributed by atoms with E-state index in [9.17, 15) is 4.79 Å². The molecule has 2 aromatic rings. The Morgan fingerprint density at radius 3 is 3.05 bits per heavy atom. The molecule has 0 unspecified atom stereocenters. The van der Waals surface area contributed by atoms with E-state index >= 15 is 0 Å². The topological polar surface area (TPSA) is 85.0 Å². The van der Waals surface area contributed by atoms with Crippen molar-refractivity contribution in [2.45, 2.75) is 26.3 Å². The van der Waals surface area contributed by atoms with Crippen molar-refractivity contribution in [1.29, 1.82) is 0 Å². The zero-order valence-corrected chi connectivity index (χ0v) is 12.2. The number of amides is 1. The summed E-state index contributed by atoms with van der Waals surface area (Å²) < 4.78 is 1.82. The monoisotopic (exact) mass is 285 g/mol. The van der Waals surface area contributed by atoms with Gasteiger partial charge in [0.05, 0.1) is 23.5 Å². The Balaban J connectivity index is 1.79. The largest absolute Gasteiger partial charge is 0.397 e. The van der Waals surface area contributed by atoms with Crippen molar-refractivity contribution in [3.05, 3.63) is 35.2 Å². The van der Waals surface area contributed by atoms with Gasteiger partial charge in [0.15, 0.2) is 0 Å². The Hall–Kier alpha value is -2.50. The van der Waals surface area contributed by atoms with Gasteiger partial charge in [-0.2, -0.15) is 5.10 Å². The number of nitrogen functional groups attached to an aromatic ring is 1. The summed E-state index contributed by atoms with van der Waals surface area (Å²) in [5.41, 5.74) is 11.6. The minimum atomic E-state index is 0.0158. The Morgan fingerprint density at radius 2 is 2.29 bits per heavy atom. The van der Waals surface area contributed by atoms with Gasteiger partial charge in [0.1, 0.15) is 0 Å². The average molecular weight is 285 g/mol. The molecule has 1 aromatic carbocycles. The van der Waals surface area contributed by atoms with Crippen LogP contribution in [0.1, 0.15) is 23.7 Å². The highest BCUT2D eigenvalue weighted by Gasteiger charge is 2.19. The normalized spacial score (nSPS) is 13.1. The first kappa shape index (κ1) is 13.5.